The Balaban J connectivity index is 0.999. The second kappa shape index (κ2) is 45.5. The quantitative estimate of drug-likeness (QED) is 0.0152. The standard InChI is InChI=1S/C81H109IN8O29S3/c1-16-90(56(96)35-85-78(103)112-36-45-22-24-47(25-23-45)87-74(101)46(30-55(84)95)29-50(92)41(5)86-73(100)40(4)83)49-37-111-57(32-54(49)106-11)117-70-65(98)62(42(6)114-77(70)116-53-21-19-17-18-20-27-81(105)34-52(94)63(88-79(104)110-15)60(53)48(81)26-28-120-122-80(9,10)33-38(2)91)89-119-58-31-51(93)72(44(8)113-58)121-75(102)59-39(3)61(82)68(71(109-14)67(59)107-12)118-76-66(99)69(108-13)64(97)43(7)115-76/h17-18,22-26,40-44,46,49,51,53-54,57-58,62,64-66,69-70,72,76-77,89,93,97-99,105H,16,28-37,83H2,1-15H3,(H2,84,95)(H,85,103)(H,86,100)(H,87,101)(H,88,104)/b18-17-,48-26+/t40-,41-,42?,43?,44?,46-,49?,51?,53-,54?,57?,58?,62?,64?,65?,66?,69?,70?,72?,76?,77?,81-/m0/s1. The number of rotatable bonds is 37. The Morgan fingerprint density at radius 2 is 1.51 bits per heavy atom. The van der Waals surface area contributed by atoms with Crippen molar-refractivity contribution in [3.05, 3.63) is 79.6 Å². The molecule has 122 heavy (non-hydrogen) atoms. The molecule has 41 heteroatoms. The fourth-order valence-corrected chi connectivity index (χ4v) is 18.6. The molecule has 4 heterocycles. The number of thioether (sulfide) groups is 1. The normalized spacial score (nSPS) is 29.0. The molecular weight excluding hydrogens is 1770 g/mol. The van der Waals surface area contributed by atoms with Gasteiger partial charge < -0.3 is 119 Å². The molecule has 17 unspecified atom stereocenters. The van der Waals surface area contributed by atoms with Crippen LogP contribution in [0.3, 0.4) is 0 Å². The van der Waals surface area contributed by atoms with E-state index in [-0.39, 0.29) is 95.9 Å². The Hall–Kier alpha value is -7.58. The molecular formula is C81H109IN8O29S3. The van der Waals surface area contributed by atoms with Gasteiger partial charge in [-0.05, 0) is 127 Å². The minimum absolute atomic E-state index is 0.00533. The van der Waals surface area contributed by atoms with Crippen molar-refractivity contribution < 1.29 is 140 Å². The number of halogens is 1. The van der Waals surface area contributed by atoms with E-state index in [1.54, 1.807) is 40.7 Å². The second-order valence-corrected chi connectivity index (χ2v) is 35.6. The van der Waals surface area contributed by atoms with Gasteiger partial charge in [-0.25, -0.2) is 9.59 Å². The molecule has 2 aromatic rings. The molecule has 4 saturated heterocycles. The lowest BCUT2D eigenvalue weighted by atomic mass is 9.75. The molecule has 0 spiro atoms. The fraction of sp³-hybridized carbons (Fsp3) is 0.605. The van der Waals surface area contributed by atoms with Gasteiger partial charge in [0.25, 0.3) is 0 Å². The summed E-state index contributed by atoms with van der Waals surface area (Å²) >= 11 is 2.74. The highest BCUT2D eigenvalue weighted by atomic mass is 127. The Morgan fingerprint density at radius 3 is 2.14 bits per heavy atom. The van der Waals surface area contributed by atoms with Gasteiger partial charge in [-0.3, -0.25) is 48.5 Å². The average Bonchev–Trinajstić information content (AvgIpc) is 0.755. The highest BCUT2D eigenvalue weighted by Crippen LogP contribution is 2.50. The lowest BCUT2D eigenvalue weighted by Gasteiger charge is -2.47. The molecule has 0 radical (unpaired) electrons. The number of alkyl carbamates (subject to hydrolysis) is 2. The lowest BCUT2D eigenvalue weighted by molar-refractivity contribution is -0.337. The van der Waals surface area contributed by atoms with Gasteiger partial charge in [0, 0.05) is 80.2 Å². The molecule has 22 atom stereocenters. The van der Waals surface area contributed by atoms with Crippen LogP contribution in [0, 0.1) is 40.1 Å². The largest absolute Gasteiger partial charge is 0.492 e. The van der Waals surface area contributed by atoms with Crippen molar-refractivity contribution in [2.45, 2.75) is 246 Å². The van der Waals surface area contributed by atoms with Gasteiger partial charge in [-0.1, -0.05) is 75.2 Å². The number of fused-ring (bicyclic) bond motifs is 2. The van der Waals surface area contributed by atoms with Crippen molar-refractivity contribution in [3.63, 3.8) is 0 Å². The highest BCUT2D eigenvalue weighted by molar-refractivity contribution is 14.1. The van der Waals surface area contributed by atoms with Crippen molar-refractivity contribution >= 4 is 120 Å². The molecule has 672 valence electrons. The minimum atomic E-state index is -2.24. The number of carbonyl (C=O) groups is 10. The number of aliphatic hydroxyl groups is 5. The molecule has 4 fully saturated rings. The Morgan fingerprint density at radius 1 is 0.820 bits per heavy atom. The van der Waals surface area contributed by atoms with E-state index in [0.717, 1.165) is 18.9 Å². The summed E-state index contributed by atoms with van der Waals surface area (Å²) in [6.07, 6.45) is -18.8. The van der Waals surface area contributed by atoms with Crippen LogP contribution < -0.4 is 52.4 Å². The number of allylic oxidation sites excluding steroid dienone is 3. The van der Waals surface area contributed by atoms with Crippen molar-refractivity contribution in [2.24, 2.45) is 17.4 Å². The maximum absolute atomic E-state index is 14.7. The first kappa shape index (κ1) is 99.8. The van der Waals surface area contributed by atoms with Crippen molar-refractivity contribution in [1.29, 1.82) is 0 Å². The van der Waals surface area contributed by atoms with Gasteiger partial charge in [0.05, 0.1) is 115 Å². The Bertz CT molecular complexity index is 4330. The first-order valence-corrected chi connectivity index (χ1v) is 43.4. The number of ketones is 3. The van der Waals surface area contributed by atoms with Crippen LogP contribution in [0.5, 0.6) is 17.2 Å². The maximum atomic E-state index is 14.7. The third-order valence-corrected chi connectivity index (χ3v) is 26.5. The van der Waals surface area contributed by atoms with Gasteiger partial charge in [-0.15, -0.1) is 0 Å². The number of hydroxylamine groups is 1. The molecule has 2 aliphatic carbocycles. The fourth-order valence-electron chi connectivity index (χ4n) is 14.4. The van der Waals surface area contributed by atoms with E-state index < -0.39 is 216 Å². The van der Waals surface area contributed by atoms with E-state index >= 15 is 0 Å². The van der Waals surface area contributed by atoms with Crippen LogP contribution in [0.25, 0.3) is 0 Å². The average molecular weight is 1880 g/mol. The number of nitrogens with two attached hydrogens (primary N) is 2. The van der Waals surface area contributed by atoms with Gasteiger partial charge in [0.2, 0.25) is 40.8 Å². The van der Waals surface area contributed by atoms with Crippen molar-refractivity contribution in [2.75, 3.05) is 66.3 Å². The third-order valence-electron chi connectivity index (χ3n) is 20.7. The summed E-state index contributed by atoms with van der Waals surface area (Å²) in [4.78, 5) is 140. The molecule has 2 bridgehead atoms. The minimum Gasteiger partial charge on any atom is -0.492 e. The number of nitrogens with zero attached hydrogens (tertiary/aromatic N) is 1. The summed E-state index contributed by atoms with van der Waals surface area (Å²) in [5, 5.41) is 67.9. The summed E-state index contributed by atoms with van der Waals surface area (Å²) in [6, 6.07) is 2.06. The van der Waals surface area contributed by atoms with Crippen LogP contribution in [0.4, 0.5) is 15.3 Å². The number of hydrogen-bond donors (Lipinski definition) is 12. The predicted octanol–water partition coefficient (Wildman–Crippen LogP) is 3.08. The Kier molecular flexibility index (Phi) is 37.3. The van der Waals surface area contributed by atoms with Gasteiger partial charge in [-0.2, -0.15) is 5.48 Å². The van der Waals surface area contributed by atoms with Crippen LogP contribution >= 0.6 is 55.9 Å². The summed E-state index contributed by atoms with van der Waals surface area (Å²) in [7, 11) is 9.20. The molecule has 0 saturated carbocycles. The van der Waals surface area contributed by atoms with E-state index in [4.69, 9.17) is 77.9 Å². The van der Waals surface area contributed by atoms with Crippen molar-refractivity contribution in [1.82, 2.24) is 26.3 Å². The first-order chi connectivity index (χ1) is 57.7. The van der Waals surface area contributed by atoms with E-state index in [2.05, 4.69) is 50.4 Å². The lowest BCUT2D eigenvalue weighted by Crippen LogP contribution is -2.65. The molecule has 6 amide bonds. The van der Waals surface area contributed by atoms with Gasteiger partial charge >= 0.3 is 12.2 Å². The van der Waals surface area contributed by atoms with Crippen LogP contribution in [0.1, 0.15) is 122 Å². The number of methoxy groups -OCH3 is 5. The molecule has 4 aliphatic heterocycles. The molecule has 37 nitrogen and oxygen atoms in total. The second-order valence-electron chi connectivity index (χ2n) is 30.3. The zero-order chi connectivity index (χ0) is 89.9. The summed E-state index contributed by atoms with van der Waals surface area (Å²) in [5.74, 6) is 6.33. The number of aliphatic hydroxyl groups excluding tert-OH is 4. The topological polar surface area (TPSA) is 517 Å². The monoisotopic (exact) mass is 1880 g/mol. The van der Waals surface area contributed by atoms with E-state index in [1.807, 2.05) is 36.4 Å². The van der Waals surface area contributed by atoms with Crippen LogP contribution in [0.15, 0.2) is 59.3 Å². The van der Waals surface area contributed by atoms with E-state index in [1.165, 1.54) is 112 Å². The number of ether oxygens (including phenoxy) is 13. The number of anilines is 1. The first-order valence-electron chi connectivity index (χ1n) is 39.1. The molecule has 8 rings (SSSR count). The number of benzene rings is 2. The summed E-state index contributed by atoms with van der Waals surface area (Å²) in [5.41, 5.74) is 12.3. The zero-order valence-corrected chi connectivity index (χ0v) is 74.8. The number of amides is 6. The molecule has 14 N–H and O–H groups in total. The maximum Gasteiger partial charge on any atom is 0.411 e. The van der Waals surface area contributed by atoms with E-state index in [0.29, 0.717) is 14.7 Å². The molecule has 0 aromatic heterocycles. The van der Waals surface area contributed by atoms with Crippen LogP contribution in [0.2, 0.25) is 0 Å². The number of carbonyl (C=O) groups excluding carboxylic acids is 10. The number of likely N-dealkylation sites (N-methyl/N-ethyl adjacent to an activating group) is 1. The molecule has 2 aromatic carbocycles. The SMILES string of the molecule is CCN(C(=O)CNC(=O)OCc1ccc(NC(=O)[C@H](CC(N)=O)CC(=O)[C@H](C)NC(=O)[C@H](C)N)cc1)C1COC(OC2C(O[C@H]3C#C/C=C\C#C[C@]4(O)CC(=O)C(NC(=O)OC)=C3/C4=C\CSSC(C)(C)CC(C)=O)OC(C)C(NOC3CC(O)C(SC(=O)c4c(C)c(I)c(OC5OC(C)C(O)C(OC)C5O)c(OC)c4OC)C(C)O3)C2O)CC1OC. The van der Waals surface area contributed by atoms with Crippen LogP contribution in [-0.2, 0) is 92.4 Å². The molecule has 6 aliphatic rings. The van der Waals surface area contributed by atoms with E-state index in [9.17, 15) is 73.5 Å². The number of Topliss-reactive ketones (excluding diaryl/α,β-unsaturated/α-hetero) is 3. The number of hydrogen-bond acceptors (Lipinski definition) is 34. The predicted molar refractivity (Wildman–Crippen MR) is 451 cm³/mol. The summed E-state index contributed by atoms with van der Waals surface area (Å²) < 4.78 is 78.3. The van der Waals surface area contributed by atoms with Gasteiger partial charge in [0.1, 0.15) is 55.6 Å². The van der Waals surface area contributed by atoms with Crippen molar-refractivity contribution in [3.8, 4) is 40.9 Å². The highest BCUT2D eigenvalue weighted by Gasteiger charge is 2.53. The number of primary amides is 1. The third kappa shape index (κ3) is 25.8. The Labute approximate surface area is 732 Å². The van der Waals surface area contributed by atoms with Gasteiger partial charge in [0.15, 0.2) is 47.5 Å². The smallest absolute Gasteiger partial charge is 0.411 e. The number of nitrogens with one attached hydrogen (secondary N) is 5. The van der Waals surface area contributed by atoms with Crippen LogP contribution in [-0.4, -0.2) is 282 Å². The zero-order valence-electron chi connectivity index (χ0n) is 70.2. The summed E-state index contributed by atoms with van der Waals surface area (Å²) in [6.45, 7) is 15.2.